The van der Waals surface area contributed by atoms with Gasteiger partial charge in [-0.25, -0.2) is 0 Å². The Kier molecular flexibility index (Phi) is 7.08. The van der Waals surface area contributed by atoms with Gasteiger partial charge < -0.3 is 4.90 Å². The highest BCUT2D eigenvalue weighted by atomic mass is 15.1. The second-order valence-electron chi connectivity index (χ2n) is 12.3. The lowest BCUT2D eigenvalue weighted by Crippen LogP contribution is -2.09. The van der Waals surface area contributed by atoms with Gasteiger partial charge in [0, 0.05) is 23.0 Å². The van der Waals surface area contributed by atoms with E-state index in [0.717, 1.165) is 17.1 Å². The topological polar surface area (TPSA) is 3.24 Å². The summed E-state index contributed by atoms with van der Waals surface area (Å²) < 4.78 is 0. The first-order valence-corrected chi connectivity index (χ1v) is 16.1. The molecule has 2 aliphatic carbocycles. The van der Waals surface area contributed by atoms with Crippen molar-refractivity contribution in [2.45, 2.75) is 13.8 Å². The van der Waals surface area contributed by atoms with E-state index < -0.39 is 0 Å². The summed E-state index contributed by atoms with van der Waals surface area (Å²) in [5.74, 6) is 0.220. The van der Waals surface area contributed by atoms with Crippen LogP contribution in [-0.2, 0) is 0 Å². The molecule has 1 nitrogen and oxygen atoms in total. The van der Waals surface area contributed by atoms with Gasteiger partial charge in [-0.05, 0) is 106 Å². The minimum atomic E-state index is 0.220. The molecule has 0 radical (unpaired) electrons. The van der Waals surface area contributed by atoms with Crippen molar-refractivity contribution >= 4 is 39.0 Å². The van der Waals surface area contributed by atoms with Crippen LogP contribution in [0.15, 0.2) is 175 Å². The van der Waals surface area contributed by atoms with Crippen LogP contribution in [0.4, 0.5) is 17.1 Å². The van der Waals surface area contributed by atoms with Gasteiger partial charge in [0.1, 0.15) is 0 Å². The molecule has 0 fully saturated rings. The maximum atomic E-state index is 2.38. The van der Waals surface area contributed by atoms with Crippen molar-refractivity contribution < 1.29 is 0 Å². The second-order valence-corrected chi connectivity index (χ2v) is 12.3. The fourth-order valence-corrected chi connectivity index (χ4v) is 7.10. The van der Waals surface area contributed by atoms with Gasteiger partial charge in [-0.15, -0.1) is 0 Å². The minimum Gasteiger partial charge on any atom is -0.311 e. The van der Waals surface area contributed by atoms with E-state index in [1.54, 1.807) is 0 Å². The van der Waals surface area contributed by atoms with E-state index in [1.165, 1.54) is 60.9 Å². The molecule has 0 amide bonds. The molecule has 46 heavy (non-hydrogen) atoms. The van der Waals surface area contributed by atoms with E-state index in [4.69, 9.17) is 0 Å². The first kappa shape index (κ1) is 27.9. The fourth-order valence-electron chi connectivity index (χ4n) is 7.10. The van der Waals surface area contributed by atoms with Gasteiger partial charge in [-0.3, -0.25) is 0 Å². The number of aryl methyl sites for hydroxylation is 2. The highest BCUT2D eigenvalue weighted by Gasteiger charge is 2.27. The van der Waals surface area contributed by atoms with Gasteiger partial charge >= 0.3 is 0 Å². The number of allylic oxidation sites excluding steroid dienone is 8. The summed E-state index contributed by atoms with van der Waals surface area (Å²) >= 11 is 0. The summed E-state index contributed by atoms with van der Waals surface area (Å²) in [5, 5.41) is 2.65. The van der Waals surface area contributed by atoms with Crippen LogP contribution in [0, 0.1) is 19.8 Å². The van der Waals surface area contributed by atoms with Gasteiger partial charge in [0.2, 0.25) is 0 Å². The molecule has 0 aromatic heterocycles. The lowest BCUT2D eigenvalue weighted by atomic mass is 9.80. The molecule has 0 saturated carbocycles. The molecule has 1 heteroatoms. The number of anilines is 3. The molecule has 0 aliphatic heterocycles. The highest BCUT2D eigenvalue weighted by molar-refractivity contribution is 6.05. The van der Waals surface area contributed by atoms with Crippen molar-refractivity contribution in [2.75, 3.05) is 4.90 Å². The van der Waals surface area contributed by atoms with Crippen LogP contribution in [0.2, 0.25) is 0 Å². The monoisotopic (exact) mass is 589 g/mol. The summed E-state index contributed by atoms with van der Waals surface area (Å²) in [6.07, 6.45) is 11.5. The molecule has 1 atom stereocenters. The summed E-state index contributed by atoms with van der Waals surface area (Å²) in [6.45, 7) is 4.39. The molecule has 220 valence electrons. The molecule has 2 aliphatic rings. The number of nitrogens with zero attached hydrogens (tertiary/aromatic N) is 1. The Labute approximate surface area is 271 Å². The number of hydrogen-bond acceptors (Lipinski definition) is 1. The quantitative estimate of drug-likeness (QED) is 0.187. The Morgan fingerprint density at radius 2 is 1.17 bits per heavy atom. The molecule has 0 saturated heterocycles. The van der Waals surface area contributed by atoms with Crippen molar-refractivity contribution in [3.8, 4) is 11.1 Å². The maximum absolute atomic E-state index is 2.38. The van der Waals surface area contributed by atoms with Crippen LogP contribution in [0.1, 0.15) is 22.3 Å². The van der Waals surface area contributed by atoms with E-state index in [9.17, 15) is 0 Å². The molecular formula is C45H35N. The number of fused-ring (bicyclic) bond motifs is 2. The van der Waals surface area contributed by atoms with Crippen molar-refractivity contribution in [1.82, 2.24) is 0 Å². The van der Waals surface area contributed by atoms with E-state index in [1.807, 2.05) is 0 Å². The fraction of sp³-hybridized carbons (Fsp3) is 0.0667. The molecule has 0 bridgehead atoms. The van der Waals surface area contributed by atoms with Gasteiger partial charge in [-0.2, -0.15) is 0 Å². The summed E-state index contributed by atoms with van der Waals surface area (Å²) in [5.41, 5.74) is 15.1. The predicted octanol–water partition coefficient (Wildman–Crippen LogP) is 12.2. The molecule has 6 aromatic rings. The Hall–Kier alpha value is -5.66. The molecule has 0 spiro atoms. The lowest BCUT2D eigenvalue weighted by molar-refractivity contribution is 1.05. The molecule has 0 heterocycles. The first-order valence-electron chi connectivity index (χ1n) is 16.1. The molecular weight excluding hydrogens is 555 g/mol. The Morgan fingerprint density at radius 3 is 1.87 bits per heavy atom. The minimum absolute atomic E-state index is 0.220. The molecule has 0 N–H and O–H groups in total. The SMILES string of the molecule is Cc1ccc(-c2ccc(C)c3c(C4=CC=CC5=C(c6ccc(N(c7ccccc7)c7ccccc7)cc6)C=CC45)cccc23)cc1. The molecule has 8 rings (SSSR count). The van der Waals surface area contributed by atoms with Crippen LogP contribution < -0.4 is 4.90 Å². The largest absolute Gasteiger partial charge is 0.311 e. The Bertz CT molecular complexity index is 2140. The summed E-state index contributed by atoms with van der Waals surface area (Å²) in [4.78, 5) is 2.31. The second kappa shape index (κ2) is 11.7. The maximum Gasteiger partial charge on any atom is 0.0462 e. The van der Waals surface area contributed by atoms with E-state index in [2.05, 4.69) is 189 Å². The number of benzene rings is 6. The number of hydrogen-bond donors (Lipinski definition) is 0. The third-order valence-electron chi connectivity index (χ3n) is 9.38. The third kappa shape index (κ3) is 4.91. The third-order valence-corrected chi connectivity index (χ3v) is 9.38. The van der Waals surface area contributed by atoms with Crippen LogP contribution in [0.5, 0.6) is 0 Å². The van der Waals surface area contributed by atoms with E-state index >= 15 is 0 Å². The average Bonchev–Trinajstić information content (AvgIpc) is 3.55. The zero-order valence-electron chi connectivity index (χ0n) is 26.2. The lowest BCUT2D eigenvalue weighted by Gasteiger charge is -2.25. The van der Waals surface area contributed by atoms with Gasteiger partial charge in [0.05, 0.1) is 0 Å². The van der Waals surface area contributed by atoms with Crippen molar-refractivity contribution in [3.05, 3.63) is 198 Å². The van der Waals surface area contributed by atoms with Crippen LogP contribution in [-0.4, -0.2) is 0 Å². The molecule has 1 unspecified atom stereocenters. The highest BCUT2D eigenvalue weighted by Crippen LogP contribution is 2.46. The zero-order valence-corrected chi connectivity index (χ0v) is 26.2. The number of para-hydroxylation sites is 2. The Morgan fingerprint density at radius 1 is 0.522 bits per heavy atom. The molecule has 6 aromatic carbocycles. The number of rotatable bonds is 6. The first-order chi connectivity index (χ1) is 22.7. The predicted molar refractivity (Wildman–Crippen MR) is 197 cm³/mol. The summed E-state index contributed by atoms with van der Waals surface area (Å²) in [6, 6.07) is 50.4. The Balaban J connectivity index is 1.16. The van der Waals surface area contributed by atoms with Gasteiger partial charge in [0.15, 0.2) is 0 Å². The summed E-state index contributed by atoms with van der Waals surface area (Å²) in [7, 11) is 0. The normalized spacial score (nSPS) is 15.3. The van der Waals surface area contributed by atoms with Crippen LogP contribution in [0.25, 0.3) is 33.0 Å². The standard InChI is InChI=1S/C45H35N/c1-31-19-22-33(23-20-31)39-28-21-32(2)45-43(39)17-10-18-44(45)41-16-9-15-40-38(29-30-42(40)41)34-24-26-37(27-25-34)46(35-11-5-3-6-12-35)36-13-7-4-8-14-36/h3-30,42H,1-2H3. The van der Waals surface area contributed by atoms with E-state index in [0.29, 0.717) is 0 Å². The van der Waals surface area contributed by atoms with Gasteiger partial charge in [-0.1, -0.05) is 139 Å². The average molecular weight is 590 g/mol. The smallest absolute Gasteiger partial charge is 0.0462 e. The van der Waals surface area contributed by atoms with Crippen molar-refractivity contribution in [1.29, 1.82) is 0 Å². The van der Waals surface area contributed by atoms with E-state index in [-0.39, 0.29) is 5.92 Å². The van der Waals surface area contributed by atoms with Gasteiger partial charge in [0.25, 0.3) is 0 Å². The zero-order chi connectivity index (χ0) is 31.0. The van der Waals surface area contributed by atoms with Crippen molar-refractivity contribution in [2.24, 2.45) is 5.92 Å². The van der Waals surface area contributed by atoms with Crippen molar-refractivity contribution in [3.63, 3.8) is 0 Å². The van der Waals surface area contributed by atoms with Crippen LogP contribution in [0.3, 0.4) is 0 Å². The van der Waals surface area contributed by atoms with Crippen LogP contribution >= 0.6 is 0 Å².